The second-order valence-corrected chi connectivity index (χ2v) is 8.11. The zero-order valence-electron chi connectivity index (χ0n) is 14.5. The molecule has 1 N–H and O–H groups in total. The Balaban J connectivity index is 1.41. The number of nitrogens with one attached hydrogen (secondary N) is 1. The van der Waals surface area contributed by atoms with Gasteiger partial charge in [0, 0.05) is 35.6 Å². The molecule has 2 atom stereocenters. The molecule has 1 amide bonds. The van der Waals surface area contributed by atoms with Crippen molar-refractivity contribution < 1.29 is 9.53 Å². The molecule has 4 nitrogen and oxygen atoms in total. The van der Waals surface area contributed by atoms with Crippen LogP contribution in [0.1, 0.15) is 40.9 Å². The predicted octanol–water partition coefficient (Wildman–Crippen LogP) is 3.68. The van der Waals surface area contributed by atoms with Crippen LogP contribution in [0.25, 0.3) is 0 Å². The summed E-state index contributed by atoms with van der Waals surface area (Å²) < 4.78 is 5.84. The Morgan fingerprint density at radius 1 is 1.24 bits per heavy atom. The lowest BCUT2D eigenvalue weighted by Crippen LogP contribution is -2.48. The fourth-order valence-corrected chi connectivity index (χ4v) is 4.60. The Bertz CT molecular complexity index is 719. The summed E-state index contributed by atoms with van der Waals surface area (Å²) in [6.07, 6.45) is 4.62. The second kappa shape index (κ2) is 7.18. The van der Waals surface area contributed by atoms with Crippen molar-refractivity contribution in [3.05, 3.63) is 52.2 Å². The fourth-order valence-electron chi connectivity index (χ4n) is 3.98. The Hall–Kier alpha value is -1.85. The molecule has 1 aromatic heterocycles. The number of fused-ring (bicyclic) bond motifs is 2. The molecule has 5 heteroatoms. The number of nitrogens with zero attached hydrogens (tertiary/aromatic N) is 1. The van der Waals surface area contributed by atoms with Crippen LogP contribution in [0.5, 0.6) is 5.75 Å². The molecule has 0 radical (unpaired) electrons. The molecule has 2 aliphatic rings. The molecule has 132 valence electrons. The average Bonchev–Trinajstić information content (AvgIpc) is 3.28. The zero-order chi connectivity index (χ0) is 17.2. The van der Waals surface area contributed by atoms with E-state index in [1.807, 2.05) is 47.7 Å². The van der Waals surface area contributed by atoms with E-state index >= 15 is 0 Å². The van der Waals surface area contributed by atoms with Gasteiger partial charge < -0.3 is 15.0 Å². The number of hydrogen-bond acceptors (Lipinski definition) is 4. The Labute approximate surface area is 152 Å². The van der Waals surface area contributed by atoms with E-state index in [1.54, 1.807) is 11.3 Å². The molecule has 2 bridgehead atoms. The van der Waals surface area contributed by atoms with Crippen LogP contribution < -0.4 is 10.1 Å². The highest BCUT2D eigenvalue weighted by molar-refractivity contribution is 7.09. The van der Waals surface area contributed by atoms with Crippen LogP contribution in [-0.4, -0.2) is 36.0 Å². The van der Waals surface area contributed by atoms with Crippen LogP contribution >= 0.6 is 11.3 Å². The number of benzene rings is 1. The normalized spacial score (nSPS) is 24.9. The van der Waals surface area contributed by atoms with Gasteiger partial charge in [0.1, 0.15) is 12.4 Å². The van der Waals surface area contributed by atoms with Crippen molar-refractivity contribution in [1.29, 1.82) is 0 Å². The number of thiophene rings is 1. The van der Waals surface area contributed by atoms with Crippen molar-refractivity contribution in [3.63, 3.8) is 0 Å². The molecule has 0 saturated carbocycles. The molecule has 1 aromatic carbocycles. The summed E-state index contributed by atoms with van der Waals surface area (Å²) in [6.45, 7) is 0.544. The highest BCUT2D eigenvalue weighted by Crippen LogP contribution is 2.30. The summed E-state index contributed by atoms with van der Waals surface area (Å²) >= 11 is 1.68. The van der Waals surface area contributed by atoms with Crippen LogP contribution in [0.4, 0.5) is 0 Å². The molecule has 3 heterocycles. The minimum Gasteiger partial charge on any atom is -0.488 e. The predicted molar refractivity (Wildman–Crippen MR) is 100 cm³/mol. The van der Waals surface area contributed by atoms with Gasteiger partial charge in [-0.1, -0.05) is 12.1 Å². The molecule has 0 aliphatic carbocycles. The summed E-state index contributed by atoms with van der Waals surface area (Å²) in [5.74, 6) is 0.839. The maximum atomic E-state index is 12.9. The summed E-state index contributed by atoms with van der Waals surface area (Å²) in [5.41, 5.74) is 0.706. The van der Waals surface area contributed by atoms with Gasteiger partial charge in [0.25, 0.3) is 5.91 Å². The Morgan fingerprint density at radius 2 is 2.04 bits per heavy atom. The third-order valence-electron chi connectivity index (χ3n) is 5.36. The topological polar surface area (TPSA) is 41.6 Å². The highest BCUT2D eigenvalue weighted by atomic mass is 32.1. The maximum Gasteiger partial charge on any atom is 0.253 e. The van der Waals surface area contributed by atoms with Crippen molar-refractivity contribution in [2.75, 3.05) is 7.05 Å². The Kier molecular flexibility index (Phi) is 4.77. The van der Waals surface area contributed by atoms with Gasteiger partial charge in [0.2, 0.25) is 0 Å². The zero-order valence-corrected chi connectivity index (χ0v) is 15.3. The minimum atomic E-state index is 0.0906. The van der Waals surface area contributed by atoms with Crippen LogP contribution in [0.2, 0.25) is 0 Å². The number of carbonyl (C=O) groups excluding carboxylic acids is 1. The summed E-state index contributed by atoms with van der Waals surface area (Å²) in [6, 6.07) is 13.1. The maximum absolute atomic E-state index is 12.9. The molecular weight excluding hydrogens is 332 g/mol. The van der Waals surface area contributed by atoms with Gasteiger partial charge >= 0.3 is 0 Å². The van der Waals surface area contributed by atoms with Crippen LogP contribution in [0, 0.1) is 0 Å². The quantitative estimate of drug-likeness (QED) is 0.888. The van der Waals surface area contributed by atoms with Gasteiger partial charge in [0.05, 0.1) is 0 Å². The number of ether oxygens (including phenoxy) is 1. The summed E-state index contributed by atoms with van der Waals surface area (Å²) in [7, 11) is 1.94. The third kappa shape index (κ3) is 3.72. The Morgan fingerprint density at radius 3 is 2.76 bits per heavy atom. The molecule has 2 aliphatic heterocycles. The number of piperidine rings is 1. The van der Waals surface area contributed by atoms with Crippen LogP contribution in [0.3, 0.4) is 0 Å². The monoisotopic (exact) mass is 356 g/mol. The lowest BCUT2D eigenvalue weighted by molar-refractivity contribution is 0.0681. The highest BCUT2D eigenvalue weighted by Gasteiger charge is 2.36. The number of rotatable bonds is 5. The van der Waals surface area contributed by atoms with Gasteiger partial charge in [-0.3, -0.25) is 4.79 Å². The van der Waals surface area contributed by atoms with E-state index < -0.39 is 0 Å². The summed E-state index contributed by atoms with van der Waals surface area (Å²) in [4.78, 5) is 16.0. The largest absolute Gasteiger partial charge is 0.488 e. The van der Waals surface area contributed by atoms with E-state index in [-0.39, 0.29) is 5.91 Å². The van der Waals surface area contributed by atoms with E-state index in [0.29, 0.717) is 30.3 Å². The van der Waals surface area contributed by atoms with Crippen LogP contribution in [-0.2, 0) is 6.61 Å². The van der Waals surface area contributed by atoms with Crippen molar-refractivity contribution in [2.24, 2.45) is 0 Å². The van der Waals surface area contributed by atoms with E-state index in [0.717, 1.165) is 18.6 Å². The van der Waals surface area contributed by atoms with E-state index in [9.17, 15) is 4.79 Å². The standard InChI is InChI=1S/C20H24N2O2S/c1-22(17-11-15-7-8-16(12-17)21-15)20(23)14-4-2-5-18(10-14)24-13-19-6-3-9-25-19/h2-6,9-10,15-17,21H,7-8,11-13H2,1H3. The lowest BCUT2D eigenvalue weighted by Gasteiger charge is -2.35. The number of amides is 1. The molecule has 2 unspecified atom stereocenters. The lowest BCUT2D eigenvalue weighted by atomic mass is 9.98. The first-order valence-corrected chi connectivity index (χ1v) is 9.85. The molecule has 0 spiro atoms. The molecule has 2 fully saturated rings. The first kappa shape index (κ1) is 16.6. The minimum absolute atomic E-state index is 0.0906. The summed E-state index contributed by atoms with van der Waals surface area (Å²) in [5, 5.41) is 5.68. The van der Waals surface area contributed by atoms with Gasteiger partial charge in [-0.15, -0.1) is 11.3 Å². The average molecular weight is 356 g/mol. The van der Waals surface area contributed by atoms with Crippen molar-refractivity contribution in [1.82, 2.24) is 10.2 Å². The van der Waals surface area contributed by atoms with Gasteiger partial charge in [0.15, 0.2) is 0 Å². The third-order valence-corrected chi connectivity index (χ3v) is 6.21. The first-order chi connectivity index (χ1) is 12.2. The first-order valence-electron chi connectivity index (χ1n) is 8.97. The van der Waals surface area contributed by atoms with Crippen molar-refractivity contribution in [3.8, 4) is 5.75 Å². The van der Waals surface area contributed by atoms with E-state index in [4.69, 9.17) is 4.74 Å². The van der Waals surface area contributed by atoms with Gasteiger partial charge in [-0.25, -0.2) is 0 Å². The second-order valence-electron chi connectivity index (χ2n) is 7.08. The number of carbonyl (C=O) groups is 1. The van der Waals surface area contributed by atoms with E-state index in [1.165, 1.54) is 17.7 Å². The molecule has 2 aromatic rings. The number of hydrogen-bond donors (Lipinski definition) is 1. The van der Waals surface area contributed by atoms with Gasteiger partial charge in [-0.05, 0) is 55.3 Å². The van der Waals surface area contributed by atoms with Crippen molar-refractivity contribution >= 4 is 17.2 Å². The SMILES string of the molecule is CN(C(=O)c1cccc(OCc2cccs2)c1)C1CC2CCC(C1)N2. The molecular formula is C20H24N2O2S. The molecule has 25 heavy (non-hydrogen) atoms. The van der Waals surface area contributed by atoms with Gasteiger partial charge in [-0.2, -0.15) is 0 Å². The fraction of sp³-hybridized carbons (Fsp3) is 0.450. The molecule has 2 saturated heterocycles. The van der Waals surface area contributed by atoms with Crippen LogP contribution in [0.15, 0.2) is 41.8 Å². The molecule has 4 rings (SSSR count). The van der Waals surface area contributed by atoms with E-state index in [2.05, 4.69) is 11.4 Å². The smallest absolute Gasteiger partial charge is 0.253 e. The van der Waals surface area contributed by atoms with Crippen molar-refractivity contribution in [2.45, 2.75) is 50.4 Å².